The minimum absolute atomic E-state index is 0.0117. The lowest BCUT2D eigenvalue weighted by Gasteiger charge is -2.20. The standard InChI is InChI=1S/C14H19NO3/c1-9-5-6-12(16)11(8-9)14(17)15-10(2)13-4-3-7-18-13/h5-6,8,10,13,16H,3-4,7H2,1-2H3,(H,15,17). The molecule has 98 valence electrons. The summed E-state index contributed by atoms with van der Waals surface area (Å²) in [4.78, 5) is 12.1. The van der Waals surface area contributed by atoms with Crippen LogP contribution in [0.1, 0.15) is 35.7 Å². The van der Waals surface area contributed by atoms with Crippen LogP contribution in [-0.4, -0.2) is 29.8 Å². The van der Waals surface area contributed by atoms with Gasteiger partial charge in [0, 0.05) is 6.61 Å². The molecule has 1 aliphatic heterocycles. The first-order chi connectivity index (χ1) is 8.58. The number of hydrogen-bond acceptors (Lipinski definition) is 3. The number of carbonyl (C=O) groups excluding carboxylic acids is 1. The van der Waals surface area contributed by atoms with E-state index in [-0.39, 0.29) is 23.8 Å². The minimum Gasteiger partial charge on any atom is -0.507 e. The third-order valence-electron chi connectivity index (χ3n) is 3.28. The first-order valence-corrected chi connectivity index (χ1v) is 6.30. The maximum atomic E-state index is 12.1. The Kier molecular flexibility index (Phi) is 3.87. The Labute approximate surface area is 107 Å². The zero-order valence-corrected chi connectivity index (χ0v) is 10.8. The van der Waals surface area contributed by atoms with Gasteiger partial charge in [-0.25, -0.2) is 0 Å². The van der Waals surface area contributed by atoms with E-state index in [1.54, 1.807) is 18.2 Å². The molecule has 0 saturated carbocycles. The molecule has 1 fully saturated rings. The molecule has 2 rings (SSSR count). The van der Waals surface area contributed by atoms with Crippen molar-refractivity contribution in [1.82, 2.24) is 5.32 Å². The van der Waals surface area contributed by atoms with Gasteiger partial charge in [0.2, 0.25) is 0 Å². The molecule has 0 aromatic heterocycles. The van der Waals surface area contributed by atoms with E-state index >= 15 is 0 Å². The van der Waals surface area contributed by atoms with Gasteiger partial charge < -0.3 is 15.2 Å². The van der Waals surface area contributed by atoms with Gasteiger partial charge in [-0.3, -0.25) is 4.79 Å². The second kappa shape index (κ2) is 5.40. The highest BCUT2D eigenvalue weighted by atomic mass is 16.5. The molecule has 1 heterocycles. The van der Waals surface area contributed by atoms with Crippen LogP contribution < -0.4 is 5.32 Å². The van der Waals surface area contributed by atoms with Gasteiger partial charge in [0.15, 0.2) is 0 Å². The Morgan fingerprint density at radius 1 is 1.56 bits per heavy atom. The van der Waals surface area contributed by atoms with Gasteiger partial charge in [-0.05, 0) is 38.8 Å². The van der Waals surface area contributed by atoms with Crippen molar-refractivity contribution in [2.45, 2.75) is 38.8 Å². The molecule has 1 aromatic rings. The molecule has 1 saturated heterocycles. The number of carbonyl (C=O) groups is 1. The van der Waals surface area contributed by atoms with E-state index < -0.39 is 0 Å². The highest BCUT2D eigenvalue weighted by molar-refractivity contribution is 5.97. The van der Waals surface area contributed by atoms with Crippen molar-refractivity contribution in [3.8, 4) is 5.75 Å². The Morgan fingerprint density at radius 2 is 2.33 bits per heavy atom. The van der Waals surface area contributed by atoms with Crippen molar-refractivity contribution in [3.63, 3.8) is 0 Å². The number of nitrogens with one attached hydrogen (secondary N) is 1. The molecule has 2 N–H and O–H groups in total. The van der Waals surface area contributed by atoms with Crippen molar-refractivity contribution in [3.05, 3.63) is 29.3 Å². The lowest BCUT2D eigenvalue weighted by atomic mass is 10.1. The highest BCUT2D eigenvalue weighted by Gasteiger charge is 2.24. The summed E-state index contributed by atoms with van der Waals surface area (Å²) in [6.45, 7) is 4.58. The van der Waals surface area contributed by atoms with Gasteiger partial charge in [0.1, 0.15) is 5.75 Å². The third-order valence-corrected chi connectivity index (χ3v) is 3.28. The van der Waals surface area contributed by atoms with E-state index in [0.29, 0.717) is 5.56 Å². The summed E-state index contributed by atoms with van der Waals surface area (Å²) in [6, 6.07) is 4.96. The summed E-state index contributed by atoms with van der Waals surface area (Å²) in [5.74, 6) is -0.239. The van der Waals surface area contributed by atoms with Crippen LogP contribution >= 0.6 is 0 Å². The maximum absolute atomic E-state index is 12.1. The first-order valence-electron chi connectivity index (χ1n) is 6.30. The van der Waals surface area contributed by atoms with E-state index in [1.165, 1.54) is 0 Å². The van der Waals surface area contributed by atoms with E-state index in [1.807, 2.05) is 13.8 Å². The van der Waals surface area contributed by atoms with Crippen molar-refractivity contribution in [2.24, 2.45) is 0 Å². The number of rotatable bonds is 3. The van der Waals surface area contributed by atoms with Gasteiger partial charge >= 0.3 is 0 Å². The quantitative estimate of drug-likeness (QED) is 0.861. The van der Waals surface area contributed by atoms with Crippen LogP contribution in [0.4, 0.5) is 0 Å². The summed E-state index contributed by atoms with van der Waals surface area (Å²) in [6.07, 6.45) is 2.10. The molecule has 0 radical (unpaired) electrons. The van der Waals surface area contributed by atoms with Crippen LogP contribution in [0.2, 0.25) is 0 Å². The molecule has 4 heteroatoms. The van der Waals surface area contributed by atoms with Crippen molar-refractivity contribution in [2.75, 3.05) is 6.61 Å². The topological polar surface area (TPSA) is 58.6 Å². The van der Waals surface area contributed by atoms with E-state index in [0.717, 1.165) is 25.0 Å². The average Bonchev–Trinajstić information content (AvgIpc) is 2.85. The number of hydrogen-bond donors (Lipinski definition) is 2. The van der Waals surface area contributed by atoms with E-state index in [9.17, 15) is 9.90 Å². The molecular formula is C14H19NO3. The normalized spacial score (nSPS) is 20.7. The third kappa shape index (κ3) is 2.82. The number of benzene rings is 1. The molecule has 0 spiro atoms. The largest absolute Gasteiger partial charge is 0.507 e. The molecule has 18 heavy (non-hydrogen) atoms. The summed E-state index contributed by atoms with van der Waals surface area (Å²) in [5.41, 5.74) is 1.27. The molecule has 2 unspecified atom stereocenters. The minimum atomic E-state index is -0.251. The fourth-order valence-electron chi connectivity index (χ4n) is 2.21. The average molecular weight is 249 g/mol. The molecule has 0 aliphatic carbocycles. The Balaban J connectivity index is 2.04. The number of ether oxygens (including phenoxy) is 1. The van der Waals surface area contributed by atoms with Crippen LogP contribution in [0.15, 0.2) is 18.2 Å². The monoisotopic (exact) mass is 249 g/mol. The number of aryl methyl sites for hydroxylation is 1. The zero-order chi connectivity index (χ0) is 13.1. The Morgan fingerprint density at radius 3 is 3.00 bits per heavy atom. The predicted molar refractivity (Wildman–Crippen MR) is 68.7 cm³/mol. The summed E-state index contributed by atoms with van der Waals surface area (Å²) < 4.78 is 5.53. The number of phenolic OH excluding ortho intramolecular Hbond substituents is 1. The molecule has 1 aliphatic rings. The van der Waals surface area contributed by atoms with Crippen LogP contribution in [-0.2, 0) is 4.74 Å². The first kappa shape index (κ1) is 12.9. The molecule has 4 nitrogen and oxygen atoms in total. The molecule has 2 atom stereocenters. The lowest BCUT2D eigenvalue weighted by molar-refractivity contribution is 0.0711. The van der Waals surface area contributed by atoms with E-state index in [4.69, 9.17) is 4.74 Å². The summed E-state index contributed by atoms with van der Waals surface area (Å²) in [7, 11) is 0. The molecule has 1 amide bonds. The van der Waals surface area contributed by atoms with Crippen LogP contribution in [0.25, 0.3) is 0 Å². The van der Waals surface area contributed by atoms with Crippen molar-refractivity contribution in [1.29, 1.82) is 0 Å². The predicted octanol–water partition coefficient (Wildman–Crippen LogP) is 2.00. The number of aromatic hydroxyl groups is 1. The maximum Gasteiger partial charge on any atom is 0.255 e. The summed E-state index contributed by atoms with van der Waals surface area (Å²) in [5, 5.41) is 12.6. The van der Waals surface area contributed by atoms with Crippen LogP contribution in [0.5, 0.6) is 5.75 Å². The second-order valence-electron chi connectivity index (χ2n) is 4.83. The highest BCUT2D eigenvalue weighted by Crippen LogP contribution is 2.20. The number of amides is 1. The van der Waals surface area contributed by atoms with Gasteiger partial charge in [-0.1, -0.05) is 11.6 Å². The Hall–Kier alpha value is -1.55. The fraction of sp³-hybridized carbons (Fsp3) is 0.500. The summed E-state index contributed by atoms with van der Waals surface area (Å²) >= 11 is 0. The zero-order valence-electron chi connectivity index (χ0n) is 10.8. The lowest BCUT2D eigenvalue weighted by Crippen LogP contribution is -2.40. The SMILES string of the molecule is Cc1ccc(O)c(C(=O)NC(C)C2CCCO2)c1. The van der Waals surface area contributed by atoms with Gasteiger partial charge in [-0.15, -0.1) is 0 Å². The fourth-order valence-corrected chi connectivity index (χ4v) is 2.21. The van der Waals surface area contributed by atoms with Gasteiger partial charge in [-0.2, -0.15) is 0 Å². The molecule has 1 aromatic carbocycles. The van der Waals surface area contributed by atoms with Crippen molar-refractivity contribution < 1.29 is 14.6 Å². The number of phenols is 1. The second-order valence-corrected chi connectivity index (χ2v) is 4.83. The Bertz CT molecular complexity index is 439. The smallest absolute Gasteiger partial charge is 0.255 e. The molecular weight excluding hydrogens is 230 g/mol. The van der Waals surface area contributed by atoms with Crippen molar-refractivity contribution >= 4 is 5.91 Å². The molecule has 0 bridgehead atoms. The van der Waals surface area contributed by atoms with Crippen LogP contribution in [0, 0.1) is 6.92 Å². The van der Waals surface area contributed by atoms with E-state index in [2.05, 4.69) is 5.32 Å². The van der Waals surface area contributed by atoms with Gasteiger partial charge in [0.25, 0.3) is 5.91 Å². The van der Waals surface area contributed by atoms with Crippen LogP contribution in [0.3, 0.4) is 0 Å². The van der Waals surface area contributed by atoms with Gasteiger partial charge in [0.05, 0.1) is 17.7 Å².